The number of carbonyl (C=O) groups is 1. The lowest BCUT2D eigenvalue weighted by molar-refractivity contribution is -0.144. The van der Waals surface area contributed by atoms with Crippen LogP contribution in [0.15, 0.2) is 22.4 Å². The molecule has 0 saturated carbocycles. The molecule has 6 nitrogen and oxygen atoms in total. The first-order valence-corrected chi connectivity index (χ1v) is 6.42. The molecule has 0 fully saturated rings. The first-order chi connectivity index (χ1) is 8.75. The predicted octanol–water partition coefficient (Wildman–Crippen LogP) is 1.32. The number of nitrogens with zero attached hydrogens (tertiary/aromatic N) is 3. The SMILES string of the molecule is O=C(O)C1c2ccsc2CCN1Cc1ncon1. The van der Waals surface area contributed by atoms with Crippen molar-refractivity contribution in [3.05, 3.63) is 34.1 Å². The molecular weight excluding hydrogens is 254 g/mol. The minimum absolute atomic E-state index is 0.392. The van der Waals surface area contributed by atoms with Crippen LogP contribution < -0.4 is 0 Å². The maximum atomic E-state index is 11.5. The normalized spacial score (nSPS) is 19.7. The standard InChI is InChI=1S/C11H11N3O3S/c15-11(16)10-7-2-4-18-8(7)1-3-14(10)5-9-12-6-17-13-9/h2,4,6,10H,1,3,5H2,(H,15,16). The Morgan fingerprint density at radius 3 is 3.28 bits per heavy atom. The van der Waals surface area contributed by atoms with Gasteiger partial charge in [-0.3, -0.25) is 9.69 Å². The molecule has 1 N–H and O–H groups in total. The summed E-state index contributed by atoms with van der Waals surface area (Å²) in [6, 6.07) is 1.28. The molecule has 0 bridgehead atoms. The molecule has 2 aromatic heterocycles. The van der Waals surface area contributed by atoms with E-state index in [0.29, 0.717) is 18.9 Å². The van der Waals surface area contributed by atoms with Crippen molar-refractivity contribution in [3.8, 4) is 0 Å². The van der Waals surface area contributed by atoms with Crippen LogP contribution in [0.4, 0.5) is 0 Å². The number of hydrogen-bond acceptors (Lipinski definition) is 6. The first-order valence-electron chi connectivity index (χ1n) is 5.54. The topological polar surface area (TPSA) is 79.5 Å². The molecule has 1 aliphatic rings. The Morgan fingerprint density at radius 2 is 2.56 bits per heavy atom. The zero-order valence-electron chi connectivity index (χ0n) is 9.44. The molecule has 3 rings (SSSR count). The molecule has 1 atom stereocenters. The number of rotatable bonds is 3. The van der Waals surface area contributed by atoms with Gasteiger partial charge in [-0.15, -0.1) is 11.3 Å². The molecule has 1 unspecified atom stereocenters. The highest BCUT2D eigenvalue weighted by Crippen LogP contribution is 2.33. The fourth-order valence-corrected chi connectivity index (χ4v) is 3.18. The van der Waals surface area contributed by atoms with Crippen LogP contribution in [0.3, 0.4) is 0 Å². The fourth-order valence-electron chi connectivity index (χ4n) is 2.27. The van der Waals surface area contributed by atoms with E-state index >= 15 is 0 Å². The Kier molecular flexibility index (Phi) is 2.85. The summed E-state index contributed by atoms with van der Waals surface area (Å²) < 4.78 is 4.67. The largest absolute Gasteiger partial charge is 0.480 e. The number of carboxylic acids is 1. The summed E-state index contributed by atoms with van der Waals surface area (Å²) in [5, 5.41) is 15.1. The van der Waals surface area contributed by atoms with Crippen molar-refractivity contribution in [1.82, 2.24) is 15.0 Å². The van der Waals surface area contributed by atoms with Gasteiger partial charge in [0.25, 0.3) is 0 Å². The van der Waals surface area contributed by atoms with E-state index in [1.807, 2.05) is 16.3 Å². The van der Waals surface area contributed by atoms with E-state index in [-0.39, 0.29) is 0 Å². The molecule has 0 radical (unpaired) electrons. The average Bonchev–Trinajstić information content (AvgIpc) is 2.98. The molecule has 94 valence electrons. The Morgan fingerprint density at radius 1 is 1.67 bits per heavy atom. The fraction of sp³-hybridized carbons (Fsp3) is 0.364. The van der Waals surface area contributed by atoms with Gasteiger partial charge in [0.05, 0.1) is 6.54 Å². The number of thiophene rings is 1. The van der Waals surface area contributed by atoms with E-state index in [0.717, 1.165) is 16.9 Å². The molecule has 0 aromatic carbocycles. The molecule has 2 aromatic rings. The summed E-state index contributed by atoms with van der Waals surface area (Å²) in [7, 11) is 0. The van der Waals surface area contributed by atoms with Gasteiger partial charge in [0.1, 0.15) is 6.04 Å². The van der Waals surface area contributed by atoms with Crippen LogP contribution in [0, 0.1) is 0 Å². The van der Waals surface area contributed by atoms with Gasteiger partial charge < -0.3 is 9.63 Å². The van der Waals surface area contributed by atoms with Crippen LogP contribution in [0.2, 0.25) is 0 Å². The molecule has 1 aliphatic heterocycles. The summed E-state index contributed by atoms with van der Waals surface area (Å²) in [6.07, 6.45) is 2.12. The lowest BCUT2D eigenvalue weighted by atomic mass is 10.00. The third-order valence-electron chi connectivity index (χ3n) is 3.05. The van der Waals surface area contributed by atoms with Gasteiger partial charge >= 0.3 is 5.97 Å². The minimum atomic E-state index is -0.835. The molecule has 0 aliphatic carbocycles. The second-order valence-electron chi connectivity index (χ2n) is 4.11. The summed E-state index contributed by atoms with van der Waals surface area (Å²) in [6.45, 7) is 1.09. The maximum Gasteiger partial charge on any atom is 0.325 e. The third kappa shape index (κ3) is 1.91. The van der Waals surface area contributed by atoms with Crippen molar-refractivity contribution in [2.75, 3.05) is 6.54 Å². The van der Waals surface area contributed by atoms with Crippen molar-refractivity contribution in [2.24, 2.45) is 0 Å². The second-order valence-corrected chi connectivity index (χ2v) is 5.11. The molecule has 0 saturated heterocycles. The lowest BCUT2D eigenvalue weighted by Gasteiger charge is -2.31. The van der Waals surface area contributed by atoms with E-state index in [1.54, 1.807) is 11.3 Å². The molecule has 0 amide bonds. The van der Waals surface area contributed by atoms with Crippen molar-refractivity contribution in [1.29, 1.82) is 0 Å². The van der Waals surface area contributed by atoms with E-state index in [1.165, 1.54) is 6.39 Å². The average molecular weight is 265 g/mol. The highest BCUT2D eigenvalue weighted by molar-refractivity contribution is 7.10. The van der Waals surface area contributed by atoms with Crippen LogP contribution in [0.1, 0.15) is 22.3 Å². The van der Waals surface area contributed by atoms with Gasteiger partial charge in [-0.25, -0.2) is 0 Å². The van der Waals surface area contributed by atoms with Crippen LogP contribution in [0.5, 0.6) is 0 Å². The smallest absolute Gasteiger partial charge is 0.325 e. The Labute approximate surface area is 107 Å². The summed E-state index contributed by atoms with van der Waals surface area (Å²) in [5.41, 5.74) is 0.891. The van der Waals surface area contributed by atoms with Gasteiger partial charge in [0.15, 0.2) is 5.82 Å². The van der Waals surface area contributed by atoms with Crippen LogP contribution in [-0.4, -0.2) is 32.7 Å². The summed E-state index contributed by atoms with van der Waals surface area (Å²) in [4.78, 5) is 18.4. The second kappa shape index (κ2) is 4.51. The van der Waals surface area contributed by atoms with E-state index in [2.05, 4.69) is 14.7 Å². The van der Waals surface area contributed by atoms with Gasteiger partial charge in [-0.05, 0) is 23.4 Å². The molecule has 18 heavy (non-hydrogen) atoms. The maximum absolute atomic E-state index is 11.5. The van der Waals surface area contributed by atoms with E-state index in [9.17, 15) is 9.90 Å². The quantitative estimate of drug-likeness (QED) is 0.901. The highest BCUT2D eigenvalue weighted by atomic mass is 32.1. The molecule has 7 heteroatoms. The van der Waals surface area contributed by atoms with Crippen LogP contribution in [-0.2, 0) is 17.8 Å². The van der Waals surface area contributed by atoms with Crippen molar-refractivity contribution in [2.45, 2.75) is 19.0 Å². The number of carboxylic acid groups (broad SMARTS) is 1. The van der Waals surface area contributed by atoms with Crippen molar-refractivity contribution >= 4 is 17.3 Å². The third-order valence-corrected chi connectivity index (χ3v) is 4.05. The van der Waals surface area contributed by atoms with Gasteiger partial charge in [0, 0.05) is 11.4 Å². The molecular formula is C11H11N3O3S. The Bertz CT molecular complexity index is 552. The molecule has 0 spiro atoms. The van der Waals surface area contributed by atoms with Crippen LogP contribution >= 0.6 is 11.3 Å². The Hall–Kier alpha value is -1.73. The van der Waals surface area contributed by atoms with E-state index < -0.39 is 12.0 Å². The monoisotopic (exact) mass is 265 g/mol. The van der Waals surface area contributed by atoms with Gasteiger partial charge in [-0.1, -0.05) is 5.16 Å². The van der Waals surface area contributed by atoms with Crippen molar-refractivity contribution in [3.63, 3.8) is 0 Å². The zero-order chi connectivity index (χ0) is 12.5. The van der Waals surface area contributed by atoms with Crippen LogP contribution in [0.25, 0.3) is 0 Å². The van der Waals surface area contributed by atoms with Crippen molar-refractivity contribution < 1.29 is 14.4 Å². The zero-order valence-corrected chi connectivity index (χ0v) is 10.3. The van der Waals surface area contributed by atoms with E-state index in [4.69, 9.17) is 0 Å². The van der Waals surface area contributed by atoms with Gasteiger partial charge in [-0.2, -0.15) is 4.98 Å². The predicted molar refractivity (Wildman–Crippen MR) is 63.1 cm³/mol. The summed E-state index contributed by atoms with van der Waals surface area (Å²) in [5.74, 6) is -0.322. The number of hydrogen-bond donors (Lipinski definition) is 1. The first kappa shape index (κ1) is 11.4. The number of aliphatic carboxylic acids is 1. The minimum Gasteiger partial charge on any atom is -0.480 e. The molecule has 3 heterocycles. The lowest BCUT2D eigenvalue weighted by Crippen LogP contribution is -2.38. The van der Waals surface area contributed by atoms with Gasteiger partial charge in [0.2, 0.25) is 6.39 Å². The highest BCUT2D eigenvalue weighted by Gasteiger charge is 2.34. The number of fused-ring (bicyclic) bond motifs is 1. The Balaban J connectivity index is 1.89. The number of aromatic nitrogens is 2. The summed E-state index contributed by atoms with van der Waals surface area (Å²) >= 11 is 1.62.